The van der Waals surface area contributed by atoms with Gasteiger partial charge in [-0.1, -0.05) is 108 Å². The molecule has 0 aromatic heterocycles. The lowest BCUT2D eigenvalue weighted by atomic mass is 9.76. The van der Waals surface area contributed by atoms with Crippen LogP contribution in [0.2, 0.25) is 0 Å². The van der Waals surface area contributed by atoms with Gasteiger partial charge in [0.05, 0.1) is 19.1 Å². The maximum absolute atomic E-state index is 15.5. The van der Waals surface area contributed by atoms with Crippen LogP contribution in [0.5, 0.6) is 0 Å². The molecule has 1 aromatic rings. The van der Waals surface area contributed by atoms with Crippen LogP contribution >= 0.6 is 23.5 Å². The summed E-state index contributed by atoms with van der Waals surface area (Å²) in [5.74, 6) is -15.5. The van der Waals surface area contributed by atoms with Gasteiger partial charge in [0.2, 0.25) is 76.8 Å². The average Bonchev–Trinajstić information content (AvgIpc) is 1.58. The fraction of sp³-hybridized carbons (Fsp3) is 0.768. The number of nitrogens with one attached hydrogen (secondary N) is 15. The van der Waals surface area contributed by atoms with Crippen molar-refractivity contribution in [3.63, 3.8) is 0 Å². The van der Waals surface area contributed by atoms with Crippen LogP contribution in [-0.4, -0.2) is 274 Å². The topological polar surface area (TPSA) is 564 Å². The number of thioether (sulfide) groups is 2. The van der Waals surface area contributed by atoms with Crippen molar-refractivity contribution in [1.29, 1.82) is 0 Å². The third-order valence-electron chi connectivity index (χ3n) is 28.3. The molecule has 8 aliphatic rings. The van der Waals surface area contributed by atoms with Gasteiger partial charge in [0, 0.05) is 93.1 Å². The summed E-state index contributed by atoms with van der Waals surface area (Å²) in [7, 11) is 0. The molecule has 7 fully saturated rings. The predicted molar refractivity (Wildman–Crippen MR) is 507 cm³/mol. The number of nitrogens with two attached hydrogens (primary N) is 1. The fourth-order valence-corrected chi connectivity index (χ4v) is 22.3. The molecule has 2 bridgehead atoms. The molecule has 1 aromatic carbocycles. The lowest BCUT2D eigenvalue weighted by molar-refractivity contribution is -0.147. The Labute approximate surface area is 805 Å². The first kappa shape index (κ1) is 111. The van der Waals surface area contributed by atoms with Crippen molar-refractivity contribution in [3.05, 3.63) is 35.4 Å². The van der Waals surface area contributed by atoms with E-state index < -0.39 is 210 Å². The zero-order chi connectivity index (χ0) is 98.2. The van der Waals surface area contributed by atoms with Gasteiger partial charge in [0.1, 0.15) is 72.3 Å². The van der Waals surface area contributed by atoms with Gasteiger partial charge in [0.15, 0.2) is 0 Å². The first-order chi connectivity index (χ1) is 65.2. The van der Waals surface area contributed by atoms with Crippen LogP contribution in [0.25, 0.3) is 0 Å². The molecule has 3 aliphatic carbocycles. The van der Waals surface area contributed by atoms with Gasteiger partial charge in [-0.25, -0.2) is 18.4 Å². The summed E-state index contributed by atoms with van der Waals surface area (Å²) in [6.07, 6.45) is 12.9. The van der Waals surface area contributed by atoms with E-state index in [1.54, 1.807) is 6.92 Å². The summed E-state index contributed by atoms with van der Waals surface area (Å²) >= 11 is 2.73. The highest BCUT2D eigenvalue weighted by atomic mass is 32.2. The molecule has 21 N–H and O–H groups in total. The number of carboxylic acid groups (broad SMARTS) is 3. The van der Waals surface area contributed by atoms with E-state index >= 15 is 32.8 Å². The molecule has 5 heterocycles. The number of hydrogen-bond donors (Lipinski definition) is 20. The van der Waals surface area contributed by atoms with Crippen LogP contribution in [0.15, 0.2) is 24.3 Å². The van der Waals surface area contributed by atoms with Crippen LogP contribution in [0.3, 0.4) is 0 Å². The number of aliphatic hydroxyl groups excluding tert-OH is 1. The lowest BCUT2D eigenvalue weighted by Gasteiger charge is -2.38. The van der Waals surface area contributed by atoms with E-state index in [1.165, 1.54) is 79.8 Å². The Morgan fingerprint density at radius 2 is 1.09 bits per heavy atom. The summed E-state index contributed by atoms with van der Waals surface area (Å²) in [5.41, 5.74) is 6.13. The molecular weight excluding hydrogens is 1800 g/mol. The number of aliphatic carboxylic acids is 3. The van der Waals surface area contributed by atoms with E-state index in [2.05, 4.69) is 86.7 Å². The third kappa shape index (κ3) is 37.0. The number of primary amides is 1. The Morgan fingerprint density at radius 3 is 1.65 bits per heavy atom. The predicted octanol–water partition coefficient (Wildman–Crippen LogP) is 3.96. The highest BCUT2D eigenvalue weighted by Crippen LogP contribution is 2.41. The molecule has 9 unspecified atom stereocenters. The molecule has 37 nitrogen and oxygen atoms in total. The average molecular weight is 1950 g/mol. The number of carbonyl (C=O) groups is 16. The number of nitrogens with zero attached hydrogens (tertiary/aromatic N) is 1. The summed E-state index contributed by atoms with van der Waals surface area (Å²) < 4.78 is 30.9. The molecular formula is C95H151F2N17O20S2. The molecule has 136 heavy (non-hydrogen) atoms. The second-order valence-corrected chi connectivity index (χ2v) is 41.0. The molecule has 9 rings (SSSR count). The van der Waals surface area contributed by atoms with Crippen molar-refractivity contribution in [2.75, 3.05) is 57.4 Å². The molecule has 0 radical (unpaired) electrons. The first-order valence-corrected chi connectivity index (χ1v) is 52.2. The summed E-state index contributed by atoms with van der Waals surface area (Å²) in [5, 5.41) is 83.6. The molecule has 4 saturated heterocycles. The number of aliphatic hydroxyl groups is 1. The maximum atomic E-state index is 15.5. The maximum Gasteiger partial charge on any atom is 0.326 e. The Bertz CT molecular complexity index is 4140. The van der Waals surface area contributed by atoms with Gasteiger partial charge in [0.25, 0.3) is 0 Å². The smallest absolute Gasteiger partial charge is 0.326 e. The normalized spacial score (nSPS) is 29.6. The molecule has 5 aliphatic heterocycles. The number of carboxylic acids is 3. The largest absolute Gasteiger partial charge is 0.481 e. The number of carbonyl (C=O) groups excluding carboxylic acids is 13. The van der Waals surface area contributed by atoms with E-state index in [-0.39, 0.29) is 164 Å². The standard InChI is InChI=1S/C95H151F2N17O20S2/c1-3-4-5-6-7-8-9-10-11-12-13-14-15-23-80(117)106-72(93(132)133)33-35-81(118)107-71(92(130)131)32-34-79(116)100-38-17-16-22-70-86(124)103-52-83(120)108-73(43-60-49-101-68-30-26-62(96)45-66(60)68)87(125)109-74(44-61-50-102-69-31-27-63(97)46-67(61)69)88(126)111-76(48-84(121)122)90(128)110-75(47-64-51-99-56-104-64)89(127)112-77(42-57-24-28-65(115)29-25-57)91(129)114-39-19-37-95(114,2)94(134)113-78(85(98)123)55-136-54-59-21-18-20-58(41-59)53-135-40-36-82(119)105-70/h18,20-21,41,57,60-78,99,101-102,104,115H,3-17,19,22-40,42-56H2,1-2H3,(H2,98,123)(H,100,116)(H,103,124)(H,105,119)(H,106,117)(H,107,118)(H,108,120)(H,109,125)(H,110,128)(H,111,126)(H,112,127)(H,113,134)(H,121,122)(H,130,131)(H,132,133)/t57?,60?,61?,62?,63?,64?,65?,66?,67?,68?,69?,70-,71-,72-,73-,74-,75-,76-,77-,78-,95-/m0/s1. The number of alkyl halides is 2. The minimum atomic E-state index is -1.97. The van der Waals surface area contributed by atoms with Crippen molar-refractivity contribution < 1.29 is 106 Å². The molecule has 3 saturated carbocycles. The van der Waals surface area contributed by atoms with Crippen molar-refractivity contribution in [1.82, 2.24) is 84.7 Å². The van der Waals surface area contributed by atoms with E-state index in [1.807, 2.05) is 24.3 Å². The Balaban J connectivity index is 0.907. The summed E-state index contributed by atoms with van der Waals surface area (Å²) in [6, 6.07) is -6.74. The van der Waals surface area contributed by atoms with Crippen LogP contribution in [-0.2, 0) is 88.2 Å². The van der Waals surface area contributed by atoms with Gasteiger partial charge >= 0.3 is 17.9 Å². The monoisotopic (exact) mass is 1950 g/mol. The van der Waals surface area contributed by atoms with Crippen molar-refractivity contribution >= 4 is 118 Å². The first-order valence-electron chi connectivity index (χ1n) is 49.9. The van der Waals surface area contributed by atoms with Crippen LogP contribution in [0.4, 0.5) is 8.78 Å². The van der Waals surface area contributed by atoms with E-state index in [0.717, 1.165) is 36.8 Å². The third-order valence-corrected chi connectivity index (χ3v) is 30.5. The van der Waals surface area contributed by atoms with Gasteiger partial charge in [-0.3, -0.25) is 67.1 Å². The SMILES string of the molecule is CCCCCCCCCCCCCCCC(=O)N[C@@H](CCC(=O)N[C@@H](CCC(=O)NCCCC[C@@H]1NC(=O)CCSCc2cccc(c2)CSC[C@@H](C(N)=O)NC(=O)[C@]2(C)CCCN2C(=O)[C@H](CC2CCC(O)CC2)NC(=O)[C@H](CC2CNCN2)NC(=O)[C@H](CC(=O)O)NC(=O)[C@H](CC2CNC3CCC(F)CC23)NC(=O)[C@H](CC2CNC3CCC(F)CC23)NC(=O)CNC1=O)C(=O)O)C(=O)O. The van der Waals surface area contributed by atoms with Crippen LogP contribution < -0.4 is 85.5 Å². The second-order valence-electron chi connectivity index (χ2n) is 38.9. The van der Waals surface area contributed by atoms with E-state index in [0.29, 0.717) is 89.1 Å². The molecule has 19 atom stereocenters. The van der Waals surface area contributed by atoms with Gasteiger partial charge in [-0.15, -0.1) is 0 Å². The van der Waals surface area contributed by atoms with Crippen LogP contribution in [0, 0.1) is 29.6 Å². The Hall–Kier alpha value is -8.90. The van der Waals surface area contributed by atoms with Crippen molar-refractivity contribution in [2.24, 2.45) is 35.3 Å². The second kappa shape index (κ2) is 57.6. The minimum Gasteiger partial charge on any atom is -0.481 e. The number of halogens is 2. The highest BCUT2D eigenvalue weighted by molar-refractivity contribution is 7.98. The molecule has 0 spiro atoms. The van der Waals surface area contributed by atoms with Gasteiger partial charge < -0.3 is 111 Å². The number of benzene rings is 1. The van der Waals surface area contributed by atoms with Crippen molar-refractivity contribution in [3.8, 4) is 0 Å². The number of fused-ring (bicyclic) bond motifs is 5. The number of hydrogen-bond acceptors (Lipinski definition) is 23. The zero-order valence-corrected chi connectivity index (χ0v) is 80.8. The Morgan fingerprint density at radius 1 is 0.559 bits per heavy atom. The minimum absolute atomic E-state index is 0.00187. The van der Waals surface area contributed by atoms with E-state index in [4.69, 9.17) is 5.73 Å². The number of rotatable bonds is 40. The molecule has 41 heteroatoms. The molecule has 762 valence electrons. The summed E-state index contributed by atoms with van der Waals surface area (Å²) in [6.45, 7) is 4.20. The van der Waals surface area contributed by atoms with Crippen molar-refractivity contribution in [2.45, 2.75) is 372 Å². The lowest BCUT2D eigenvalue weighted by Crippen LogP contribution is -2.63. The summed E-state index contributed by atoms with van der Waals surface area (Å²) in [4.78, 5) is 226. The number of amides is 13. The van der Waals surface area contributed by atoms with E-state index in [9.17, 15) is 73.2 Å². The quantitative estimate of drug-likeness (QED) is 0.0413. The van der Waals surface area contributed by atoms with Crippen LogP contribution in [0.1, 0.15) is 275 Å². The zero-order valence-electron chi connectivity index (χ0n) is 79.1. The molecule has 13 amide bonds. The fourth-order valence-electron chi connectivity index (χ4n) is 20.4. The van der Waals surface area contributed by atoms with Gasteiger partial charge in [-0.05, 0) is 202 Å². The Kier molecular flexibility index (Phi) is 46.9. The highest BCUT2D eigenvalue weighted by Gasteiger charge is 2.51. The number of unbranched alkanes of at least 4 members (excludes halogenated alkanes) is 13. The van der Waals surface area contributed by atoms with Gasteiger partial charge in [-0.2, -0.15) is 23.5 Å².